The van der Waals surface area contributed by atoms with Crippen LogP contribution in [0, 0.1) is 5.41 Å². The van der Waals surface area contributed by atoms with Crippen molar-refractivity contribution in [2.75, 3.05) is 6.61 Å². The molecule has 1 aliphatic carbocycles. The smallest absolute Gasteiger partial charge is 0.407 e. The zero-order valence-corrected chi connectivity index (χ0v) is 27.9. The molecule has 48 heavy (non-hydrogen) atoms. The van der Waals surface area contributed by atoms with E-state index < -0.39 is 24.2 Å². The van der Waals surface area contributed by atoms with Crippen LogP contribution >= 0.6 is 11.6 Å². The summed E-state index contributed by atoms with van der Waals surface area (Å²) < 4.78 is 32.4. The number of benzene rings is 2. The van der Waals surface area contributed by atoms with E-state index in [9.17, 15) is 18.4 Å². The first-order valence-corrected chi connectivity index (χ1v) is 15.9. The zero-order valence-electron chi connectivity index (χ0n) is 27.2. The number of halogens is 3. The fourth-order valence-corrected chi connectivity index (χ4v) is 5.96. The fourth-order valence-electron chi connectivity index (χ4n) is 5.74. The third-order valence-electron chi connectivity index (χ3n) is 8.03. The summed E-state index contributed by atoms with van der Waals surface area (Å²) in [6, 6.07) is 13.6. The van der Waals surface area contributed by atoms with Crippen molar-refractivity contribution in [1.29, 1.82) is 0 Å². The van der Waals surface area contributed by atoms with Crippen molar-refractivity contribution in [3.05, 3.63) is 83.3 Å². The number of hydrogen-bond acceptors (Lipinski definition) is 6. The van der Waals surface area contributed by atoms with E-state index in [1.165, 1.54) is 17.3 Å². The number of aromatic nitrogens is 4. The van der Waals surface area contributed by atoms with Gasteiger partial charge in [-0.25, -0.2) is 14.5 Å². The number of carbonyl (C=O) groups excluding carboxylic acids is 2. The van der Waals surface area contributed by atoms with Crippen LogP contribution in [0.1, 0.15) is 70.7 Å². The standard InChI is InChI=1S/C34H39ClF2N8O3/c1-33(2,3)19-34(4,24-8-5-21(6-9-24)23-16-40-45(17-23)30(36)37)42-31(38)44(20-46)29(18-48-32(47)41-25-10-11-25)22-7-12-27(35)26(15-22)28-13-14-39-43-28/h5-9,12-17,20,25,29-30H,10-11,18-19H2,1-4H3,(H2,38,42)(H,39,43)(H,41,47)/t29-,34-/m1/s1. The summed E-state index contributed by atoms with van der Waals surface area (Å²) in [5, 5.41) is 13.9. The van der Waals surface area contributed by atoms with E-state index >= 15 is 0 Å². The summed E-state index contributed by atoms with van der Waals surface area (Å²) in [5.74, 6) is -0.0896. The highest BCUT2D eigenvalue weighted by molar-refractivity contribution is 6.33. The van der Waals surface area contributed by atoms with Crippen LogP contribution in [0.15, 0.2) is 72.1 Å². The van der Waals surface area contributed by atoms with Crippen LogP contribution in [0.4, 0.5) is 13.6 Å². The number of nitrogens with zero attached hydrogens (tertiary/aromatic N) is 5. The molecule has 254 valence electrons. The van der Waals surface area contributed by atoms with Gasteiger partial charge in [0.1, 0.15) is 6.61 Å². The second kappa shape index (κ2) is 14.1. The van der Waals surface area contributed by atoms with E-state index in [1.54, 1.807) is 30.5 Å². The molecular formula is C34H39ClF2N8O3. The minimum atomic E-state index is -2.74. The molecule has 0 bridgehead atoms. The van der Waals surface area contributed by atoms with Gasteiger partial charge in [0.25, 0.3) is 0 Å². The monoisotopic (exact) mass is 680 g/mol. The van der Waals surface area contributed by atoms with Crippen LogP contribution in [0.25, 0.3) is 22.4 Å². The molecule has 2 aromatic heterocycles. The lowest BCUT2D eigenvalue weighted by atomic mass is 9.77. The Labute approximate surface area is 282 Å². The number of carbonyl (C=O) groups is 2. The summed E-state index contributed by atoms with van der Waals surface area (Å²) in [6.07, 6.45) is 6.55. The number of H-pyrrole nitrogens is 1. The Hall–Kier alpha value is -4.78. The number of aliphatic imine (C=N–C) groups is 1. The number of ether oxygens (including phenoxy) is 1. The minimum Gasteiger partial charge on any atom is -0.447 e. The van der Waals surface area contributed by atoms with Crippen LogP contribution in [0.5, 0.6) is 0 Å². The molecule has 0 aliphatic heterocycles. The molecule has 4 N–H and O–H groups in total. The Morgan fingerprint density at radius 2 is 1.92 bits per heavy atom. The zero-order chi connectivity index (χ0) is 34.6. The lowest BCUT2D eigenvalue weighted by Gasteiger charge is -2.35. The van der Waals surface area contributed by atoms with Gasteiger partial charge >= 0.3 is 12.6 Å². The molecule has 5 rings (SSSR count). The Balaban J connectivity index is 1.51. The minimum absolute atomic E-state index is 0.0808. The highest BCUT2D eigenvalue weighted by Gasteiger charge is 2.34. The van der Waals surface area contributed by atoms with Crippen LogP contribution in [-0.4, -0.2) is 56.0 Å². The Bertz CT molecular complexity index is 1750. The quantitative estimate of drug-likeness (QED) is 0.0832. The van der Waals surface area contributed by atoms with E-state index in [2.05, 4.69) is 41.4 Å². The second-order valence-electron chi connectivity index (χ2n) is 13.3. The number of alkyl carbamates (subject to hydrolysis) is 1. The number of aromatic amines is 1. The highest BCUT2D eigenvalue weighted by Crippen LogP contribution is 2.39. The maximum Gasteiger partial charge on any atom is 0.407 e. The maximum absolute atomic E-state index is 13.1. The molecule has 1 saturated carbocycles. The van der Waals surface area contributed by atoms with Gasteiger partial charge in [-0.05, 0) is 66.5 Å². The molecule has 0 saturated heterocycles. The molecule has 4 aromatic rings. The van der Waals surface area contributed by atoms with Crippen LogP contribution in [0.2, 0.25) is 5.02 Å². The SMILES string of the molecule is CC(C)(C)C[C@@](C)(N=C(N)N(C=O)[C@H](COC(=O)NC1CC1)c1ccc(Cl)c(-c2ccn[nH]2)c1)c1ccc(-c2cnn(C(F)F)c2)cc1. The molecule has 0 spiro atoms. The lowest BCUT2D eigenvalue weighted by Crippen LogP contribution is -2.44. The molecule has 1 aliphatic rings. The fraction of sp³-hybridized carbons (Fsp3) is 0.382. The van der Waals surface area contributed by atoms with Gasteiger partial charge < -0.3 is 15.8 Å². The van der Waals surface area contributed by atoms with Crippen molar-refractivity contribution in [3.8, 4) is 22.4 Å². The summed E-state index contributed by atoms with van der Waals surface area (Å²) in [4.78, 5) is 31.6. The number of rotatable bonds is 12. The average Bonchev–Trinajstić information content (AvgIpc) is 3.45. The van der Waals surface area contributed by atoms with E-state index in [-0.39, 0.29) is 24.0 Å². The van der Waals surface area contributed by atoms with E-state index in [4.69, 9.17) is 27.1 Å². The number of hydrogen-bond donors (Lipinski definition) is 3. The first-order chi connectivity index (χ1) is 22.8. The van der Waals surface area contributed by atoms with Crippen LogP contribution < -0.4 is 11.1 Å². The van der Waals surface area contributed by atoms with Crippen LogP contribution in [0.3, 0.4) is 0 Å². The van der Waals surface area contributed by atoms with Gasteiger partial charge in [0.05, 0.1) is 23.5 Å². The third kappa shape index (κ3) is 8.38. The van der Waals surface area contributed by atoms with Crippen molar-refractivity contribution in [1.82, 2.24) is 30.2 Å². The Morgan fingerprint density at radius 1 is 1.19 bits per heavy atom. The lowest BCUT2D eigenvalue weighted by molar-refractivity contribution is -0.117. The van der Waals surface area contributed by atoms with E-state index in [1.807, 2.05) is 31.2 Å². The molecule has 11 nitrogen and oxygen atoms in total. The second-order valence-corrected chi connectivity index (χ2v) is 13.7. The molecule has 0 unspecified atom stereocenters. The predicted molar refractivity (Wildman–Crippen MR) is 179 cm³/mol. The highest BCUT2D eigenvalue weighted by atomic mass is 35.5. The number of amides is 2. The largest absolute Gasteiger partial charge is 0.447 e. The maximum atomic E-state index is 13.1. The number of alkyl halides is 2. The van der Waals surface area contributed by atoms with Crippen molar-refractivity contribution in [2.24, 2.45) is 16.1 Å². The van der Waals surface area contributed by atoms with Gasteiger partial charge in [0.15, 0.2) is 5.96 Å². The normalized spacial score (nSPS) is 15.5. The van der Waals surface area contributed by atoms with Gasteiger partial charge in [-0.15, -0.1) is 0 Å². The average molecular weight is 681 g/mol. The Kier molecular flexibility index (Phi) is 10.2. The van der Waals surface area contributed by atoms with Crippen molar-refractivity contribution >= 4 is 30.1 Å². The first kappa shape index (κ1) is 34.6. The molecule has 0 radical (unpaired) electrons. The number of nitrogens with one attached hydrogen (secondary N) is 2. The van der Waals surface area contributed by atoms with Gasteiger partial charge in [0.2, 0.25) is 6.41 Å². The topological polar surface area (TPSA) is 144 Å². The summed E-state index contributed by atoms with van der Waals surface area (Å²) in [7, 11) is 0. The van der Waals surface area contributed by atoms with Gasteiger partial charge in [0, 0.05) is 34.6 Å². The molecule has 1 fully saturated rings. The predicted octanol–water partition coefficient (Wildman–Crippen LogP) is 7.04. The number of guanidine groups is 1. The summed E-state index contributed by atoms with van der Waals surface area (Å²) >= 11 is 6.53. The first-order valence-electron chi connectivity index (χ1n) is 15.5. The summed E-state index contributed by atoms with van der Waals surface area (Å²) in [6.45, 7) is 5.18. The van der Waals surface area contributed by atoms with Gasteiger partial charge in [-0.3, -0.25) is 14.8 Å². The molecular weight excluding hydrogens is 642 g/mol. The van der Waals surface area contributed by atoms with Gasteiger partial charge in [-0.1, -0.05) is 62.7 Å². The summed E-state index contributed by atoms with van der Waals surface area (Å²) in [5.41, 5.74) is 9.47. The number of nitrogens with two attached hydrogens (primary N) is 1. The van der Waals surface area contributed by atoms with Crippen LogP contribution in [-0.2, 0) is 15.1 Å². The third-order valence-corrected chi connectivity index (χ3v) is 8.36. The van der Waals surface area contributed by atoms with Gasteiger partial charge in [-0.2, -0.15) is 19.0 Å². The molecule has 2 atom stereocenters. The van der Waals surface area contributed by atoms with E-state index in [0.717, 1.165) is 18.4 Å². The molecule has 2 amide bonds. The molecule has 2 heterocycles. The van der Waals surface area contributed by atoms with Crippen molar-refractivity contribution in [2.45, 2.75) is 71.1 Å². The van der Waals surface area contributed by atoms with Crippen molar-refractivity contribution in [3.63, 3.8) is 0 Å². The molecule has 14 heteroatoms. The Morgan fingerprint density at radius 3 is 2.50 bits per heavy atom. The van der Waals surface area contributed by atoms with Crippen molar-refractivity contribution < 1.29 is 23.1 Å². The molecule has 2 aromatic carbocycles. The van der Waals surface area contributed by atoms with E-state index in [0.29, 0.717) is 50.5 Å².